The number of carbonyl (C=O) groups excluding carboxylic acids is 1. The van der Waals surface area contributed by atoms with Gasteiger partial charge in [0.25, 0.3) is 0 Å². The summed E-state index contributed by atoms with van der Waals surface area (Å²) >= 11 is 0. The number of carbonyl (C=O) groups is 2. The van der Waals surface area contributed by atoms with E-state index < -0.39 is 11.9 Å². The summed E-state index contributed by atoms with van der Waals surface area (Å²) in [6.07, 6.45) is 3.94. The molecule has 0 aliphatic carbocycles. The summed E-state index contributed by atoms with van der Waals surface area (Å²) in [5, 5.41) is 8.38. The number of ether oxygens (including phenoxy) is 1. The molecule has 0 saturated carbocycles. The number of hydrogen-bond acceptors (Lipinski definition) is 5. The van der Waals surface area contributed by atoms with Crippen LogP contribution >= 0.6 is 0 Å². The van der Waals surface area contributed by atoms with E-state index in [1.807, 2.05) is 0 Å². The number of nitrogens with zero attached hydrogens (tertiary/aromatic N) is 2. The largest absolute Gasteiger partial charge is 0.481 e. The van der Waals surface area contributed by atoms with Crippen molar-refractivity contribution >= 4 is 11.9 Å². The molecule has 3 N–H and O–H groups in total. The number of aliphatic carboxylic acids is 1. The minimum Gasteiger partial charge on any atom is -0.481 e. The minimum atomic E-state index is -0.912. The Bertz CT molecular complexity index is 389. The molecule has 7 heteroatoms. The molecule has 0 aliphatic rings. The van der Waals surface area contributed by atoms with E-state index in [9.17, 15) is 9.59 Å². The highest BCUT2D eigenvalue weighted by Gasteiger charge is 2.06. The first kappa shape index (κ1) is 13.0. The van der Waals surface area contributed by atoms with Crippen LogP contribution in [-0.2, 0) is 20.7 Å². The number of carboxylic acid groups (broad SMARTS) is 1. The van der Waals surface area contributed by atoms with Gasteiger partial charge < -0.3 is 15.7 Å². The van der Waals surface area contributed by atoms with Crippen LogP contribution in [0.4, 0.5) is 0 Å². The van der Waals surface area contributed by atoms with Gasteiger partial charge in [0.05, 0.1) is 18.5 Å². The molecule has 1 aromatic heterocycles. The Morgan fingerprint density at radius 2 is 2.24 bits per heavy atom. The molecule has 0 fully saturated rings. The number of nitrogens with two attached hydrogens (primary N) is 1. The van der Waals surface area contributed by atoms with Crippen molar-refractivity contribution in [3.63, 3.8) is 0 Å². The maximum Gasteiger partial charge on any atom is 0.305 e. The normalized spacial score (nSPS) is 10.1. The zero-order chi connectivity index (χ0) is 12.7. The van der Waals surface area contributed by atoms with Crippen LogP contribution in [0.25, 0.3) is 0 Å². The van der Waals surface area contributed by atoms with Crippen molar-refractivity contribution in [3.8, 4) is 0 Å². The molecule has 0 atom stereocenters. The Morgan fingerprint density at radius 1 is 1.47 bits per heavy atom. The number of aromatic nitrogens is 2. The molecular weight excluding hydrogens is 226 g/mol. The fourth-order valence-electron chi connectivity index (χ4n) is 1.25. The molecule has 0 saturated heterocycles. The lowest BCUT2D eigenvalue weighted by Crippen LogP contribution is -2.14. The summed E-state index contributed by atoms with van der Waals surface area (Å²) in [4.78, 5) is 25.2. The van der Waals surface area contributed by atoms with Crippen molar-refractivity contribution in [1.82, 2.24) is 9.66 Å². The standard InChI is InChI=1S/C10H15N3O4/c11-13-7-12-6-8(13)4-5-17-10(16)3-1-2-9(14)15/h6-7H,1-5,11H2,(H,14,15). The Kier molecular flexibility index (Phi) is 4.99. The van der Waals surface area contributed by atoms with Crippen LogP contribution in [0.15, 0.2) is 12.5 Å². The molecule has 0 bridgehead atoms. The van der Waals surface area contributed by atoms with Gasteiger partial charge in [0.2, 0.25) is 0 Å². The van der Waals surface area contributed by atoms with Gasteiger partial charge >= 0.3 is 11.9 Å². The van der Waals surface area contributed by atoms with Gasteiger partial charge in [0.1, 0.15) is 6.33 Å². The van der Waals surface area contributed by atoms with E-state index in [0.717, 1.165) is 5.69 Å². The maximum atomic E-state index is 11.2. The van der Waals surface area contributed by atoms with Gasteiger partial charge in [0, 0.05) is 19.3 Å². The molecule has 0 unspecified atom stereocenters. The first-order chi connectivity index (χ1) is 8.09. The fourth-order valence-corrected chi connectivity index (χ4v) is 1.25. The highest BCUT2D eigenvalue weighted by molar-refractivity contribution is 5.71. The molecule has 0 spiro atoms. The van der Waals surface area contributed by atoms with Crippen molar-refractivity contribution in [3.05, 3.63) is 18.2 Å². The second kappa shape index (κ2) is 6.51. The quantitative estimate of drug-likeness (QED) is 0.511. The average Bonchev–Trinajstić information content (AvgIpc) is 2.64. The Hall–Kier alpha value is -2.05. The second-order valence-corrected chi connectivity index (χ2v) is 3.51. The van der Waals surface area contributed by atoms with Crippen LogP contribution in [-0.4, -0.2) is 33.3 Å². The average molecular weight is 241 g/mol. The molecule has 1 rings (SSSR count). The van der Waals surface area contributed by atoms with Crippen LogP contribution in [0, 0.1) is 0 Å². The van der Waals surface area contributed by atoms with Crippen LogP contribution in [0.5, 0.6) is 0 Å². The molecule has 0 aromatic carbocycles. The van der Waals surface area contributed by atoms with Gasteiger partial charge in [-0.3, -0.25) is 14.3 Å². The number of nitrogen functional groups attached to an aromatic ring is 1. The third-order valence-corrected chi connectivity index (χ3v) is 2.14. The Morgan fingerprint density at radius 3 is 2.82 bits per heavy atom. The van der Waals surface area contributed by atoms with Crippen LogP contribution in [0.2, 0.25) is 0 Å². The Balaban J connectivity index is 2.12. The lowest BCUT2D eigenvalue weighted by Gasteiger charge is -2.04. The van der Waals surface area contributed by atoms with Crippen LogP contribution in [0.3, 0.4) is 0 Å². The summed E-state index contributed by atoms with van der Waals surface area (Å²) in [5.74, 6) is 4.21. The summed E-state index contributed by atoms with van der Waals surface area (Å²) in [6, 6.07) is 0. The third kappa shape index (κ3) is 5.01. The van der Waals surface area contributed by atoms with Gasteiger partial charge in [-0.05, 0) is 6.42 Å². The molecular formula is C10H15N3O4. The fraction of sp³-hybridized carbons (Fsp3) is 0.500. The molecule has 0 amide bonds. The third-order valence-electron chi connectivity index (χ3n) is 2.14. The molecule has 1 heterocycles. The molecule has 0 radical (unpaired) electrons. The smallest absolute Gasteiger partial charge is 0.305 e. The molecule has 17 heavy (non-hydrogen) atoms. The monoisotopic (exact) mass is 241 g/mol. The topological polar surface area (TPSA) is 107 Å². The Labute approximate surface area is 98.2 Å². The maximum absolute atomic E-state index is 11.2. The number of esters is 1. The van der Waals surface area contributed by atoms with E-state index in [-0.39, 0.29) is 19.4 Å². The lowest BCUT2D eigenvalue weighted by molar-refractivity contribution is -0.144. The van der Waals surface area contributed by atoms with Gasteiger partial charge in [-0.2, -0.15) is 0 Å². The zero-order valence-electron chi connectivity index (χ0n) is 9.33. The predicted octanol–water partition coefficient (Wildman–Crippen LogP) is -0.0625. The summed E-state index contributed by atoms with van der Waals surface area (Å²) in [5.41, 5.74) is 0.767. The highest BCUT2D eigenvalue weighted by atomic mass is 16.5. The predicted molar refractivity (Wildman–Crippen MR) is 58.5 cm³/mol. The van der Waals surface area contributed by atoms with E-state index in [1.165, 1.54) is 11.0 Å². The van der Waals surface area contributed by atoms with E-state index in [2.05, 4.69) is 4.98 Å². The lowest BCUT2D eigenvalue weighted by atomic mass is 10.2. The van der Waals surface area contributed by atoms with E-state index in [0.29, 0.717) is 12.8 Å². The van der Waals surface area contributed by atoms with E-state index in [4.69, 9.17) is 15.7 Å². The summed E-state index contributed by atoms with van der Waals surface area (Å²) < 4.78 is 6.28. The number of hydrogen-bond donors (Lipinski definition) is 2. The van der Waals surface area contributed by atoms with Crippen LogP contribution < -0.4 is 5.84 Å². The minimum absolute atomic E-state index is 0.0231. The molecule has 0 aliphatic heterocycles. The van der Waals surface area contributed by atoms with Crippen molar-refractivity contribution < 1.29 is 19.4 Å². The van der Waals surface area contributed by atoms with Crippen LogP contribution in [0.1, 0.15) is 25.0 Å². The molecule has 7 nitrogen and oxygen atoms in total. The SMILES string of the molecule is Nn1cncc1CCOC(=O)CCCC(=O)O. The number of carboxylic acids is 1. The highest BCUT2D eigenvalue weighted by Crippen LogP contribution is 2.00. The van der Waals surface area contributed by atoms with Gasteiger partial charge in [-0.15, -0.1) is 0 Å². The first-order valence-corrected chi connectivity index (χ1v) is 5.23. The molecule has 1 aromatic rings. The summed E-state index contributed by atoms with van der Waals surface area (Å²) in [7, 11) is 0. The zero-order valence-corrected chi connectivity index (χ0v) is 9.33. The second-order valence-electron chi connectivity index (χ2n) is 3.51. The van der Waals surface area contributed by atoms with Crippen molar-refractivity contribution in [2.75, 3.05) is 12.4 Å². The van der Waals surface area contributed by atoms with E-state index >= 15 is 0 Å². The van der Waals surface area contributed by atoms with Gasteiger partial charge in [0.15, 0.2) is 0 Å². The van der Waals surface area contributed by atoms with Crippen molar-refractivity contribution in [2.45, 2.75) is 25.7 Å². The number of imidazole rings is 1. The summed E-state index contributed by atoms with van der Waals surface area (Å²) in [6.45, 7) is 0.217. The first-order valence-electron chi connectivity index (χ1n) is 5.23. The van der Waals surface area contributed by atoms with Crippen molar-refractivity contribution in [1.29, 1.82) is 0 Å². The van der Waals surface area contributed by atoms with Gasteiger partial charge in [-0.1, -0.05) is 0 Å². The van der Waals surface area contributed by atoms with Gasteiger partial charge in [-0.25, -0.2) is 4.98 Å². The number of rotatable bonds is 7. The van der Waals surface area contributed by atoms with E-state index in [1.54, 1.807) is 6.20 Å². The molecule has 94 valence electrons. The van der Waals surface area contributed by atoms with Crippen molar-refractivity contribution in [2.24, 2.45) is 0 Å².